The minimum atomic E-state index is -4.47. The van der Waals surface area contributed by atoms with Crippen molar-refractivity contribution in [3.63, 3.8) is 0 Å². The number of methoxy groups -OCH3 is 1. The van der Waals surface area contributed by atoms with Crippen molar-refractivity contribution in [2.75, 3.05) is 7.11 Å². The molecule has 2 aromatic carbocycles. The first-order valence-corrected chi connectivity index (χ1v) is 8.38. The maximum atomic E-state index is 12.9. The number of benzene rings is 2. The van der Waals surface area contributed by atoms with Crippen molar-refractivity contribution >= 4 is 5.97 Å². The summed E-state index contributed by atoms with van der Waals surface area (Å²) in [5, 5.41) is 13.6. The summed E-state index contributed by atoms with van der Waals surface area (Å²) in [5.41, 5.74) is -0.981. The monoisotopic (exact) mass is 381 g/mol. The molecule has 2 N–H and O–H groups in total. The first-order chi connectivity index (χ1) is 12.5. The number of hydrogen-bond acceptors (Lipinski definition) is 4. The first-order valence-electron chi connectivity index (χ1n) is 8.38. The number of hydrogen-bond donors (Lipinski definition) is 2. The molecule has 2 atom stereocenters. The summed E-state index contributed by atoms with van der Waals surface area (Å²) in [6.45, 7) is 3.23. The second-order valence-corrected chi connectivity index (χ2v) is 6.59. The lowest BCUT2D eigenvalue weighted by Gasteiger charge is -2.30. The number of alkyl halides is 3. The normalized spacial score (nSPS) is 15.1. The van der Waals surface area contributed by atoms with Crippen LogP contribution in [0.15, 0.2) is 48.5 Å². The van der Waals surface area contributed by atoms with Gasteiger partial charge in [0.2, 0.25) is 0 Å². The second kappa shape index (κ2) is 8.10. The molecule has 0 spiro atoms. The molecule has 0 fully saturated rings. The van der Waals surface area contributed by atoms with Crippen LogP contribution in [0.3, 0.4) is 0 Å². The molecule has 0 amide bonds. The van der Waals surface area contributed by atoms with Crippen LogP contribution in [0, 0.1) is 0 Å². The van der Waals surface area contributed by atoms with Crippen molar-refractivity contribution in [2.24, 2.45) is 0 Å². The topological polar surface area (TPSA) is 58.6 Å². The number of ether oxygens (including phenoxy) is 1. The molecule has 2 aromatic rings. The third kappa shape index (κ3) is 5.55. The van der Waals surface area contributed by atoms with E-state index in [9.17, 15) is 23.1 Å². The Bertz CT molecular complexity index is 786. The summed E-state index contributed by atoms with van der Waals surface area (Å²) in [7, 11) is 1.30. The van der Waals surface area contributed by atoms with Crippen molar-refractivity contribution in [3.8, 4) is 0 Å². The number of nitrogens with one attached hydrogen (secondary N) is 1. The predicted molar refractivity (Wildman–Crippen MR) is 95.1 cm³/mol. The van der Waals surface area contributed by atoms with Gasteiger partial charge in [0.1, 0.15) is 5.72 Å². The highest BCUT2D eigenvalue weighted by molar-refractivity contribution is 5.89. The number of aliphatic hydroxyl groups is 1. The van der Waals surface area contributed by atoms with Gasteiger partial charge in [-0.3, -0.25) is 5.32 Å². The van der Waals surface area contributed by atoms with Crippen molar-refractivity contribution in [1.82, 2.24) is 5.32 Å². The van der Waals surface area contributed by atoms with Gasteiger partial charge in [0.05, 0.1) is 18.2 Å². The fraction of sp³-hybridized carbons (Fsp3) is 0.350. The van der Waals surface area contributed by atoms with Crippen LogP contribution >= 0.6 is 0 Å². The molecule has 0 heterocycles. The van der Waals surface area contributed by atoms with E-state index in [1.807, 2.05) is 6.92 Å². The quantitative estimate of drug-likeness (QED) is 0.589. The minimum absolute atomic E-state index is 0.130. The molecule has 0 bridgehead atoms. The summed E-state index contributed by atoms with van der Waals surface area (Å²) in [4.78, 5) is 11.4. The van der Waals surface area contributed by atoms with Crippen molar-refractivity contribution < 1.29 is 27.8 Å². The van der Waals surface area contributed by atoms with Gasteiger partial charge in [-0.1, -0.05) is 24.3 Å². The van der Waals surface area contributed by atoms with Crippen LogP contribution < -0.4 is 5.32 Å². The van der Waals surface area contributed by atoms with Crippen molar-refractivity contribution in [3.05, 3.63) is 70.8 Å². The molecule has 2 rings (SSSR count). The SMILES string of the molecule is COC(=O)c1ccc(C[C@@H](C)N[C@](C)(O)c2cccc(C(F)(F)F)c2)cc1. The summed E-state index contributed by atoms with van der Waals surface area (Å²) in [6, 6.07) is 11.2. The standard InChI is InChI=1S/C20H22F3NO3/c1-13(11-14-7-9-15(10-8-14)18(25)27-3)24-19(2,26)16-5-4-6-17(12-16)20(21,22)23/h4-10,12-13,24,26H,11H2,1-3H3/t13-,19-/m1/s1. The van der Waals surface area contributed by atoms with E-state index in [-0.39, 0.29) is 11.6 Å². The largest absolute Gasteiger partial charge is 0.465 e. The van der Waals surface area contributed by atoms with Gasteiger partial charge in [0.25, 0.3) is 0 Å². The first kappa shape index (κ1) is 20.9. The van der Waals surface area contributed by atoms with E-state index >= 15 is 0 Å². The van der Waals surface area contributed by atoms with Gasteiger partial charge < -0.3 is 9.84 Å². The number of esters is 1. The molecular formula is C20H22F3NO3. The van der Waals surface area contributed by atoms with Gasteiger partial charge in [-0.05, 0) is 55.7 Å². The molecule has 0 aliphatic heterocycles. The lowest BCUT2D eigenvalue weighted by atomic mass is 9.99. The zero-order chi connectivity index (χ0) is 20.2. The van der Waals surface area contributed by atoms with Gasteiger partial charge in [-0.2, -0.15) is 13.2 Å². The molecule has 0 saturated carbocycles. The molecule has 146 valence electrons. The Morgan fingerprint density at radius 2 is 1.74 bits per heavy atom. The van der Waals surface area contributed by atoms with E-state index in [2.05, 4.69) is 10.1 Å². The van der Waals surface area contributed by atoms with Crippen LogP contribution in [0.25, 0.3) is 0 Å². The molecule has 27 heavy (non-hydrogen) atoms. The van der Waals surface area contributed by atoms with E-state index in [4.69, 9.17) is 0 Å². The zero-order valence-electron chi connectivity index (χ0n) is 15.3. The Morgan fingerprint density at radius 3 is 2.30 bits per heavy atom. The van der Waals surface area contributed by atoms with E-state index in [1.165, 1.54) is 26.2 Å². The van der Waals surface area contributed by atoms with E-state index in [1.54, 1.807) is 24.3 Å². The average molecular weight is 381 g/mol. The average Bonchev–Trinajstić information content (AvgIpc) is 2.60. The Labute approximate surface area is 156 Å². The van der Waals surface area contributed by atoms with Crippen LogP contribution in [-0.2, 0) is 23.1 Å². The maximum Gasteiger partial charge on any atom is 0.416 e. The Balaban J connectivity index is 2.07. The smallest absolute Gasteiger partial charge is 0.416 e. The van der Waals surface area contributed by atoms with Crippen LogP contribution in [0.2, 0.25) is 0 Å². The van der Waals surface area contributed by atoms with Crippen LogP contribution in [0.5, 0.6) is 0 Å². The number of carbonyl (C=O) groups is 1. The molecule has 0 aliphatic carbocycles. The summed E-state index contributed by atoms with van der Waals surface area (Å²) >= 11 is 0. The molecule has 0 radical (unpaired) electrons. The van der Waals surface area contributed by atoms with Crippen molar-refractivity contribution in [1.29, 1.82) is 0 Å². The van der Waals surface area contributed by atoms with E-state index < -0.39 is 23.4 Å². The highest BCUT2D eigenvalue weighted by Gasteiger charge is 2.33. The summed E-state index contributed by atoms with van der Waals surface area (Å²) in [6.07, 6.45) is -3.96. The third-order valence-corrected chi connectivity index (χ3v) is 4.20. The molecule has 0 aliphatic rings. The van der Waals surface area contributed by atoms with E-state index in [0.717, 1.165) is 17.7 Å². The van der Waals surface area contributed by atoms with Crippen LogP contribution in [0.1, 0.15) is 40.9 Å². The van der Waals surface area contributed by atoms with Gasteiger partial charge in [0.15, 0.2) is 0 Å². The van der Waals surface area contributed by atoms with Crippen LogP contribution in [0.4, 0.5) is 13.2 Å². The fourth-order valence-electron chi connectivity index (χ4n) is 2.86. The fourth-order valence-corrected chi connectivity index (χ4v) is 2.86. The van der Waals surface area contributed by atoms with Gasteiger partial charge in [0, 0.05) is 6.04 Å². The summed E-state index contributed by atoms with van der Waals surface area (Å²) in [5.74, 6) is -0.430. The highest BCUT2D eigenvalue weighted by atomic mass is 19.4. The molecule has 7 heteroatoms. The Morgan fingerprint density at radius 1 is 1.15 bits per heavy atom. The lowest BCUT2D eigenvalue weighted by molar-refractivity contribution is -0.137. The summed E-state index contributed by atoms with van der Waals surface area (Å²) < 4.78 is 43.3. The molecule has 4 nitrogen and oxygen atoms in total. The van der Waals surface area contributed by atoms with Crippen LogP contribution in [-0.4, -0.2) is 24.2 Å². The maximum absolute atomic E-state index is 12.9. The second-order valence-electron chi connectivity index (χ2n) is 6.59. The number of carbonyl (C=O) groups excluding carboxylic acids is 1. The minimum Gasteiger partial charge on any atom is -0.465 e. The number of rotatable bonds is 6. The number of halogens is 3. The Kier molecular flexibility index (Phi) is 6.28. The Hall–Kier alpha value is -2.38. The van der Waals surface area contributed by atoms with Gasteiger partial charge >= 0.3 is 12.1 Å². The van der Waals surface area contributed by atoms with Crippen molar-refractivity contribution in [2.45, 2.75) is 38.2 Å². The predicted octanol–water partition coefficient (Wildman–Crippen LogP) is 3.88. The zero-order valence-corrected chi connectivity index (χ0v) is 15.3. The van der Waals surface area contributed by atoms with Gasteiger partial charge in [-0.25, -0.2) is 4.79 Å². The van der Waals surface area contributed by atoms with Gasteiger partial charge in [-0.15, -0.1) is 0 Å². The molecule has 0 aromatic heterocycles. The highest BCUT2D eigenvalue weighted by Crippen LogP contribution is 2.31. The molecule has 0 unspecified atom stereocenters. The molecular weight excluding hydrogens is 359 g/mol. The third-order valence-electron chi connectivity index (χ3n) is 4.20. The van der Waals surface area contributed by atoms with E-state index in [0.29, 0.717) is 12.0 Å². The lowest BCUT2D eigenvalue weighted by Crippen LogP contribution is -2.45. The molecule has 0 saturated heterocycles.